The van der Waals surface area contributed by atoms with Crippen LogP contribution in [0.5, 0.6) is 11.5 Å². The van der Waals surface area contributed by atoms with Gasteiger partial charge in [0.1, 0.15) is 10.6 Å². The quantitative estimate of drug-likeness (QED) is 0.171. The molecule has 0 atom stereocenters. The molecule has 0 aliphatic carbocycles. The van der Waals surface area contributed by atoms with E-state index in [-0.39, 0.29) is 23.5 Å². The molecule has 0 saturated heterocycles. The van der Waals surface area contributed by atoms with Gasteiger partial charge in [-0.2, -0.15) is 8.78 Å². The van der Waals surface area contributed by atoms with Crippen molar-refractivity contribution in [1.82, 2.24) is 0 Å². The van der Waals surface area contributed by atoms with E-state index in [4.69, 9.17) is 14.4 Å². The lowest BCUT2D eigenvalue weighted by Crippen LogP contribution is -2.07. The summed E-state index contributed by atoms with van der Waals surface area (Å²) in [5, 5.41) is 7.00. The first-order valence-electron chi connectivity index (χ1n) is 11.0. The van der Waals surface area contributed by atoms with Crippen molar-refractivity contribution in [3.05, 3.63) is 64.7 Å². The van der Waals surface area contributed by atoms with Crippen molar-refractivity contribution in [1.29, 1.82) is 0 Å². The van der Waals surface area contributed by atoms with Gasteiger partial charge < -0.3 is 14.4 Å². The Balaban J connectivity index is 0.00000164. The molecule has 0 aromatic heterocycles. The summed E-state index contributed by atoms with van der Waals surface area (Å²) in [5.41, 5.74) is 2.41. The van der Waals surface area contributed by atoms with E-state index in [0.29, 0.717) is 11.1 Å². The molecule has 0 amide bonds. The number of benzene rings is 2. The molecule has 0 saturated carbocycles. The molecule has 0 spiro atoms. The molecule has 0 heterocycles. The van der Waals surface area contributed by atoms with Crippen LogP contribution in [0.1, 0.15) is 89.3 Å². The van der Waals surface area contributed by atoms with Crippen molar-refractivity contribution >= 4 is 12.0 Å². The van der Waals surface area contributed by atoms with Crippen molar-refractivity contribution in [3.8, 4) is 11.5 Å². The van der Waals surface area contributed by atoms with Crippen molar-refractivity contribution in [3.63, 3.8) is 0 Å². The zero-order valence-corrected chi connectivity index (χ0v) is 21.9. The van der Waals surface area contributed by atoms with Gasteiger partial charge in [-0.05, 0) is 40.9 Å². The van der Waals surface area contributed by atoms with E-state index < -0.39 is 46.0 Å². The van der Waals surface area contributed by atoms with Crippen LogP contribution >= 0.6 is 12.0 Å². The molecule has 8 heteroatoms. The number of aliphatic hydroxyl groups excluding tert-OH is 1. The third-order valence-electron chi connectivity index (χ3n) is 4.85. The molecule has 34 heavy (non-hydrogen) atoms. The maximum atomic E-state index is 14.4. The van der Waals surface area contributed by atoms with Gasteiger partial charge in [0.25, 0.3) is 0 Å². The molecule has 0 radical (unpaired) electrons. The molecule has 0 unspecified atom stereocenters. The molecule has 0 aliphatic rings. The Labute approximate surface area is 205 Å². The minimum Gasteiger partial charge on any atom is -0.450 e. The lowest BCUT2D eigenvalue weighted by molar-refractivity contribution is 0.347. The maximum Gasteiger partial charge on any atom is 0.205 e. The van der Waals surface area contributed by atoms with Crippen LogP contribution in [-0.4, -0.2) is 16.8 Å². The molecule has 2 rings (SSSR count). The Morgan fingerprint density at radius 1 is 0.824 bits per heavy atom. The Kier molecular flexibility index (Phi) is 14.2. The molecule has 2 N–H and O–H groups in total. The highest BCUT2D eigenvalue weighted by Gasteiger charge is 2.29. The van der Waals surface area contributed by atoms with E-state index in [2.05, 4.69) is 13.5 Å². The predicted molar refractivity (Wildman–Crippen MR) is 132 cm³/mol. The second kappa shape index (κ2) is 15.1. The SMILES string of the molecule is C=CCC.CC(C)c1cc(C(C)C)c(Oc2c(F)c(F)c(SO)c(F)c2F)c(C(C)C)c1.CO. The molecular weight excluding hydrogens is 468 g/mol. The van der Waals surface area contributed by atoms with Gasteiger partial charge in [-0.25, -0.2) is 8.78 Å². The molecule has 0 fully saturated rings. The van der Waals surface area contributed by atoms with E-state index in [9.17, 15) is 17.6 Å². The summed E-state index contributed by atoms with van der Waals surface area (Å²) in [6.07, 6.45) is 2.96. The van der Waals surface area contributed by atoms with Crippen LogP contribution in [0, 0.1) is 23.3 Å². The van der Waals surface area contributed by atoms with Crippen LogP contribution in [0.25, 0.3) is 0 Å². The van der Waals surface area contributed by atoms with Gasteiger partial charge >= 0.3 is 0 Å². The lowest BCUT2D eigenvalue weighted by atomic mass is 9.88. The fourth-order valence-electron chi connectivity index (χ4n) is 2.87. The van der Waals surface area contributed by atoms with E-state index in [1.807, 2.05) is 59.8 Å². The highest BCUT2D eigenvalue weighted by atomic mass is 32.2. The zero-order valence-electron chi connectivity index (χ0n) is 21.1. The average Bonchev–Trinajstić information content (AvgIpc) is 2.81. The largest absolute Gasteiger partial charge is 0.450 e. The van der Waals surface area contributed by atoms with Crippen molar-refractivity contribution < 1.29 is 32.0 Å². The average molecular weight is 505 g/mol. The van der Waals surface area contributed by atoms with Crippen LogP contribution in [-0.2, 0) is 0 Å². The second-order valence-electron chi connectivity index (χ2n) is 8.30. The van der Waals surface area contributed by atoms with Gasteiger partial charge in [0.15, 0.2) is 11.6 Å². The Morgan fingerprint density at radius 3 is 1.47 bits per heavy atom. The normalized spacial score (nSPS) is 10.6. The maximum absolute atomic E-state index is 14.4. The minimum absolute atomic E-state index is 0.0562. The third-order valence-corrected chi connectivity index (χ3v) is 5.39. The Hall–Kier alpha value is -2.03. The fraction of sp³-hybridized carbons (Fsp3) is 0.462. The van der Waals surface area contributed by atoms with Crippen LogP contribution in [0.4, 0.5) is 17.6 Å². The first-order chi connectivity index (χ1) is 15.9. The zero-order chi connectivity index (χ0) is 26.7. The van der Waals surface area contributed by atoms with Crippen molar-refractivity contribution in [2.45, 2.75) is 77.5 Å². The number of hydrogen-bond acceptors (Lipinski definition) is 4. The molecule has 192 valence electrons. The first-order valence-corrected chi connectivity index (χ1v) is 11.8. The molecular formula is C26H36F4O3S. The second-order valence-corrected chi connectivity index (χ2v) is 8.89. The van der Waals surface area contributed by atoms with Gasteiger partial charge in [0, 0.05) is 19.2 Å². The van der Waals surface area contributed by atoms with Gasteiger partial charge in [0.05, 0.1) is 0 Å². The Morgan fingerprint density at radius 2 is 1.21 bits per heavy atom. The number of hydrogen-bond donors (Lipinski definition) is 2. The topological polar surface area (TPSA) is 49.7 Å². The summed E-state index contributed by atoms with van der Waals surface area (Å²) >= 11 is -0.399. The summed E-state index contributed by atoms with van der Waals surface area (Å²) in [7, 11) is 1.00. The summed E-state index contributed by atoms with van der Waals surface area (Å²) in [5.74, 6) is -7.63. The standard InChI is InChI=1S/C21H24F4O2S.C4H8.CH4O/c1-9(2)12-7-13(10(3)4)19(14(8-12)11(5)6)27-20-15(22)17(24)21(28-26)18(25)16(20)23;1-3-4-2;1-2/h7-11,26H,1-6H3;3H,1,4H2,2H3;2H,1H3. The predicted octanol–water partition coefficient (Wildman–Crippen LogP) is 9.16. The van der Waals surface area contributed by atoms with Gasteiger partial charge in [-0.15, -0.1) is 6.58 Å². The summed E-state index contributed by atoms with van der Waals surface area (Å²) < 4.78 is 71.3. The summed E-state index contributed by atoms with van der Waals surface area (Å²) in [6.45, 7) is 17.2. The molecule has 3 nitrogen and oxygen atoms in total. The number of halogens is 4. The van der Waals surface area contributed by atoms with E-state index in [1.54, 1.807) is 0 Å². The number of aliphatic hydroxyl groups is 1. The third kappa shape index (κ3) is 7.75. The summed E-state index contributed by atoms with van der Waals surface area (Å²) in [6, 6.07) is 3.77. The highest BCUT2D eigenvalue weighted by Crippen LogP contribution is 2.43. The molecule has 2 aromatic carbocycles. The highest BCUT2D eigenvalue weighted by molar-refractivity contribution is 7.93. The fourth-order valence-corrected chi connectivity index (χ4v) is 3.21. The summed E-state index contributed by atoms with van der Waals surface area (Å²) in [4.78, 5) is -1.15. The molecule has 2 aromatic rings. The van der Waals surface area contributed by atoms with Crippen molar-refractivity contribution in [2.75, 3.05) is 7.11 Å². The lowest BCUT2D eigenvalue weighted by Gasteiger charge is -2.23. The van der Waals surface area contributed by atoms with Gasteiger partial charge in [-0.3, -0.25) is 0 Å². The van der Waals surface area contributed by atoms with Gasteiger partial charge in [-0.1, -0.05) is 66.7 Å². The monoisotopic (exact) mass is 504 g/mol. The molecule has 0 bridgehead atoms. The number of ether oxygens (including phenoxy) is 1. The Bertz CT molecular complexity index is 886. The van der Waals surface area contributed by atoms with Crippen LogP contribution in [0.2, 0.25) is 0 Å². The van der Waals surface area contributed by atoms with Crippen LogP contribution in [0.15, 0.2) is 29.7 Å². The minimum atomic E-state index is -1.70. The van der Waals surface area contributed by atoms with Crippen LogP contribution in [0.3, 0.4) is 0 Å². The number of allylic oxidation sites excluding steroid dienone is 1. The number of rotatable bonds is 7. The van der Waals surface area contributed by atoms with E-state index in [0.717, 1.165) is 19.1 Å². The molecule has 0 aliphatic heterocycles. The smallest absolute Gasteiger partial charge is 0.205 e. The first kappa shape index (κ1) is 32.0. The van der Waals surface area contributed by atoms with Gasteiger partial charge in [0.2, 0.25) is 17.4 Å². The van der Waals surface area contributed by atoms with E-state index >= 15 is 0 Å². The van der Waals surface area contributed by atoms with E-state index in [1.165, 1.54) is 0 Å². The van der Waals surface area contributed by atoms with Crippen molar-refractivity contribution in [2.24, 2.45) is 0 Å². The van der Waals surface area contributed by atoms with Crippen LogP contribution < -0.4 is 4.74 Å².